The van der Waals surface area contributed by atoms with E-state index in [1.807, 2.05) is 31.2 Å². The summed E-state index contributed by atoms with van der Waals surface area (Å²) in [6.45, 7) is 3.11. The third kappa shape index (κ3) is 3.11. The molecular formula is C20H19N3OS2. The molecule has 3 heterocycles. The van der Waals surface area contributed by atoms with E-state index in [9.17, 15) is 4.79 Å². The van der Waals surface area contributed by atoms with Crippen molar-refractivity contribution in [2.24, 2.45) is 5.73 Å². The van der Waals surface area contributed by atoms with Gasteiger partial charge in [-0.25, -0.2) is 4.98 Å². The fourth-order valence-corrected chi connectivity index (χ4v) is 4.83. The van der Waals surface area contributed by atoms with Gasteiger partial charge in [0, 0.05) is 16.3 Å². The molecule has 0 aliphatic carbocycles. The molecule has 4 nitrogen and oxygen atoms in total. The van der Waals surface area contributed by atoms with Crippen LogP contribution in [0, 0.1) is 6.92 Å². The lowest BCUT2D eigenvalue weighted by Crippen LogP contribution is -2.24. The molecule has 0 saturated heterocycles. The second kappa shape index (κ2) is 7.15. The summed E-state index contributed by atoms with van der Waals surface area (Å²) in [5.41, 5.74) is 7.50. The molecule has 1 aromatic carbocycles. The zero-order valence-electron chi connectivity index (χ0n) is 14.4. The second-order valence-corrected chi connectivity index (χ2v) is 8.23. The Morgan fingerprint density at radius 2 is 1.96 bits per heavy atom. The Kier molecular flexibility index (Phi) is 4.72. The number of hydrogen-bond acceptors (Lipinski definition) is 5. The molecule has 132 valence electrons. The molecule has 3 aromatic heterocycles. The molecule has 0 spiro atoms. The molecule has 0 aliphatic rings. The highest BCUT2D eigenvalue weighted by Gasteiger charge is 2.15. The highest BCUT2D eigenvalue weighted by Crippen LogP contribution is 2.36. The average Bonchev–Trinajstić information content (AvgIpc) is 3.32. The predicted molar refractivity (Wildman–Crippen MR) is 111 cm³/mol. The molecule has 0 amide bonds. The van der Waals surface area contributed by atoms with E-state index in [0.717, 1.165) is 28.2 Å². The van der Waals surface area contributed by atoms with Gasteiger partial charge in [-0.1, -0.05) is 17.7 Å². The number of benzene rings is 1. The Hall–Kier alpha value is -2.28. The molecule has 0 atom stereocenters. The summed E-state index contributed by atoms with van der Waals surface area (Å²) in [7, 11) is 0. The molecule has 0 saturated carbocycles. The molecule has 4 aromatic rings. The van der Waals surface area contributed by atoms with Gasteiger partial charge in [0.15, 0.2) is 5.82 Å². The summed E-state index contributed by atoms with van der Waals surface area (Å²) in [6, 6.07) is 14.2. The monoisotopic (exact) mass is 381 g/mol. The summed E-state index contributed by atoms with van der Waals surface area (Å²) in [6.07, 6.45) is 0.745. The van der Waals surface area contributed by atoms with E-state index in [1.165, 1.54) is 9.75 Å². The van der Waals surface area contributed by atoms with Gasteiger partial charge >= 0.3 is 0 Å². The van der Waals surface area contributed by atoms with E-state index in [2.05, 4.69) is 23.6 Å². The van der Waals surface area contributed by atoms with Crippen molar-refractivity contribution in [3.63, 3.8) is 0 Å². The minimum atomic E-state index is 0.00761. The van der Waals surface area contributed by atoms with E-state index >= 15 is 0 Å². The summed E-state index contributed by atoms with van der Waals surface area (Å²) < 4.78 is 1.78. The fraction of sp³-hybridized carbons (Fsp3) is 0.200. The number of hydrogen-bond donors (Lipinski definition) is 1. The number of nitrogens with zero attached hydrogens (tertiary/aromatic N) is 2. The smallest absolute Gasteiger partial charge is 0.261 e. The van der Waals surface area contributed by atoms with Crippen molar-refractivity contribution < 1.29 is 0 Å². The normalized spacial score (nSPS) is 11.3. The number of fused-ring (bicyclic) bond motifs is 1. The third-order valence-electron chi connectivity index (χ3n) is 4.29. The van der Waals surface area contributed by atoms with E-state index in [0.29, 0.717) is 18.5 Å². The van der Waals surface area contributed by atoms with Crippen molar-refractivity contribution in [2.75, 3.05) is 6.54 Å². The lowest BCUT2D eigenvalue weighted by molar-refractivity contribution is 0.632. The average molecular weight is 382 g/mol. The molecule has 0 radical (unpaired) electrons. The Morgan fingerprint density at radius 1 is 1.12 bits per heavy atom. The molecule has 26 heavy (non-hydrogen) atoms. The summed E-state index contributed by atoms with van der Waals surface area (Å²) in [4.78, 5) is 21.4. The Morgan fingerprint density at radius 3 is 2.73 bits per heavy atom. The van der Waals surface area contributed by atoms with Crippen LogP contribution in [-0.2, 0) is 6.54 Å². The first-order valence-corrected chi connectivity index (χ1v) is 10.2. The van der Waals surface area contributed by atoms with Crippen molar-refractivity contribution in [1.29, 1.82) is 0 Å². The van der Waals surface area contributed by atoms with Gasteiger partial charge in [-0.3, -0.25) is 9.36 Å². The lowest BCUT2D eigenvalue weighted by Gasteiger charge is -2.12. The van der Waals surface area contributed by atoms with Crippen LogP contribution in [0.1, 0.15) is 12.0 Å². The van der Waals surface area contributed by atoms with Crippen LogP contribution in [-0.4, -0.2) is 16.1 Å². The van der Waals surface area contributed by atoms with Gasteiger partial charge in [-0.2, -0.15) is 0 Å². The van der Waals surface area contributed by atoms with Crippen molar-refractivity contribution in [2.45, 2.75) is 19.9 Å². The van der Waals surface area contributed by atoms with Crippen LogP contribution in [0.2, 0.25) is 0 Å². The maximum absolute atomic E-state index is 13.1. The van der Waals surface area contributed by atoms with E-state index in [1.54, 1.807) is 27.2 Å². The standard InChI is InChI=1S/C20H19N3OS2/c1-13-5-6-15-14(12-13)20(24)23(10-3-9-21)19(22-15)18-8-7-17(26-18)16-4-2-11-25-16/h2,4-8,11-12H,3,9-10,21H2,1H3. The van der Waals surface area contributed by atoms with E-state index < -0.39 is 0 Å². The maximum Gasteiger partial charge on any atom is 0.261 e. The summed E-state index contributed by atoms with van der Waals surface area (Å²) in [5.74, 6) is 0.729. The van der Waals surface area contributed by atoms with Gasteiger partial charge in [-0.15, -0.1) is 22.7 Å². The first kappa shape index (κ1) is 17.1. The second-order valence-electron chi connectivity index (χ2n) is 6.20. The van der Waals surface area contributed by atoms with Gasteiger partial charge in [0.2, 0.25) is 0 Å². The van der Waals surface area contributed by atoms with Gasteiger partial charge in [0.25, 0.3) is 5.56 Å². The first-order valence-electron chi connectivity index (χ1n) is 8.53. The van der Waals surface area contributed by atoms with Crippen molar-refractivity contribution in [1.82, 2.24) is 9.55 Å². The molecule has 6 heteroatoms. The SMILES string of the molecule is Cc1ccc2nc(-c3ccc(-c4cccs4)s3)n(CCCN)c(=O)c2c1. The van der Waals surface area contributed by atoms with Crippen LogP contribution in [0.5, 0.6) is 0 Å². The molecule has 0 aliphatic heterocycles. The van der Waals surface area contributed by atoms with Crippen LogP contribution in [0.3, 0.4) is 0 Å². The zero-order valence-corrected chi connectivity index (χ0v) is 16.1. The largest absolute Gasteiger partial charge is 0.330 e. The van der Waals surface area contributed by atoms with Crippen LogP contribution < -0.4 is 11.3 Å². The van der Waals surface area contributed by atoms with E-state index in [-0.39, 0.29) is 5.56 Å². The van der Waals surface area contributed by atoms with Gasteiger partial charge < -0.3 is 5.73 Å². The molecule has 2 N–H and O–H groups in total. The fourth-order valence-electron chi connectivity index (χ4n) is 2.99. The molecule has 0 fully saturated rings. The van der Waals surface area contributed by atoms with Gasteiger partial charge in [-0.05, 0) is 55.6 Å². The van der Waals surface area contributed by atoms with Crippen molar-refractivity contribution in [3.05, 3.63) is 63.8 Å². The molecule has 4 rings (SSSR count). The number of nitrogens with two attached hydrogens (primary N) is 1. The molecule has 0 unspecified atom stereocenters. The zero-order chi connectivity index (χ0) is 18.1. The van der Waals surface area contributed by atoms with Crippen LogP contribution in [0.4, 0.5) is 0 Å². The number of aryl methyl sites for hydroxylation is 1. The minimum Gasteiger partial charge on any atom is -0.330 e. The number of thiophene rings is 2. The number of rotatable bonds is 5. The Balaban J connectivity index is 1.90. The maximum atomic E-state index is 13.1. The van der Waals surface area contributed by atoms with Crippen LogP contribution in [0.15, 0.2) is 52.6 Å². The van der Waals surface area contributed by atoms with Gasteiger partial charge in [0.05, 0.1) is 15.8 Å². The minimum absolute atomic E-state index is 0.00761. The van der Waals surface area contributed by atoms with E-state index in [4.69, 9.17) is 10.7 Å². The number of aromatic nitrogens is 2. The Bertz CT molecular complexity index is 1110. The quantitative estimate of drug-likeness (QED) is 0.553. The lowest BCUT2D eigenvalue weighted by atomic mass is 10.1. The third-order valence-corrected chi connectivity index (χ3v) is 6.43. The molecular weight excluding hydrogens is 362 g/mol. The Labute approximate surface area is 159 Å². The topological polar surface area (TPSA) is 60.9 Å². The van der Waals surface area contributed by atoms with Crippen LogP contribution in [0.25, 0.3) is 31.4 Å². The van der Waals surface area contributed by atoms with Crippen LogP contribution >= 0.6 is 22.7 Å². The first-order chi connectivity index (χ1) is 12.7. The highest BCUT2D eigenvalue weighted by atomic mass is 32.1. The molecule has 0 bridgehead atoms. The van der Waals surface area contributed by atoms with Crippen molar-refractivity contribution >= 4 is 33.6 Å². The summed E-state index contributed by atoms with van der Waals surface area (Å²) in [5, 5.41) is 2.74. The van der Waals surface area contributed by atoms with Crippen molar-refractivity contribution in [3.8, 4) is 20.5 Å². The predicted octanol–water partition coefficient (Wildman–Crippen LogP) is 4.51. The highest BCUT2D eigenvalue weighted by molar-refractivity contribution is 7.23. The summed E-state index contributed by atoms with van der Waals surface area (Å²) >= 11 is 3.38. The van der Waals surface area contributed by atoms with Gasteiger partial charge in [0.1, 0.15) is 0 Å².